The van der Waals surface area contributed by atoms with Gasteiger partial charge in [-0.3, -0.25) is 19.5 Å². The lowest BCUT2D eigenvalue weighted by Crippen LogP contribution is -2.29. The predicted octanol–water partition coefficient (Wildman–Crippen LogP) is 5.07. The maximum absolute atomic E-state index is 13.4. The Kier molecular flexibility index (Phi) is 5.02. The molecule has 6 nitrogen and oxygen atoms in total. The van der Waals surface area contributed by atoms with Crippen molar-refractivity contribution in [3.63, 3.8) is 0 Å². The highest BCUT2D eigenvalue weighted by molar-refractivity contribution is 7.22. The molecule has 1 amide bonds. The van der Waals surface area contributed by atoms with E-state index in [2.05, 4.69) is 9.97 Å². The molecular formula is C25H18FN3O3S. The molecule has 1 aliphatic rings. The molecule has 164 valence electrons. The van der Waals surface area contributed by atoms with E-state index < -0.39 is 23.5 Å². The van der Waals surface area contributed by atoms with Crippen molar-refractivity contribution < 1.29 is 19.1 Å². The van der Waals surface area contributed by atoms with Gasteiger partial charge in [-0.05, 0) is 73.0 Å². The number of benzene rings is 2. The molecule has 0 saturated carbocycles. The third-order valence-corrected chi connectivity index (χ3v) is 6.61. The van der Waals surface area contributed by atoms with Crippen LogP contribution in [0.2, 0.25) is 0 Å². The fourth-order valence-electron chi connectivity index (χ4n) is 4.12. The normalized spacial score (nSPS) is 17.8. The number of Topliss-reactive ketones (excluding diaryl/α,β-unsaturated/α-hetero) is 1. The number of aliphatic hydroxyl groups excluding tert-OH is 1. The Bertz CT molecular complexity index is 1450. The van der Waals surface area contributed by atoms with Crippen molar-refractivity contribution in [3.05, 3.63) is 94.6 Å². The van der Waals surface area contributed by atoms with Crippen LogP contribution in [0.4, 0.5) is 9.52 Å². The smallest absolute Gasteiger partial charge is 0.301 e. The summed E-state index contributed by atoms with van der Waals surface area (Å²) in [6.45, 7) is 3.93. The molecule has 3 heterocycles. The third-order valence-electron chi connectivity index (χ3n) is 5.61. The number of hydrogen-bond donors (Lipinski definition) is 1. The van der Waals surface area contributed by atoms with E-state index in [0.717, 1.165) is 21.3 Å². The topological polar surface area (TPSA) is 83.4 Å². The van der Waals surface area contributed by atoms with Crippen molar-refractivity contribution >= 4 is 44.1 Å². The lowest BCUT2D eigenvalue weighted by atomic mass is 9.96. The van der Waals surface area contributed by atoms with E-state index >= 15 is 0 Å². The molecule has 0 bridgehead atoms. The van der Waals surface area contributed by atoms with Crippen LogP contribution in [0, 0.1) is 19.7 Å². The zero-order valence-electron chi connectivity index (χ0n) is 17.7. The lowest BCUT2D eigenvalue weighted by molar-refractivity contribution is -0.132. The number of thiazole rings is 1. The van der Waals surface area contributed by atoms with Gasteiger partial charge in [0.05, 0.1) is 21.8 Å². The van der Waals surface area contributed by atoms with Gasteiger partial charge < -0.3 is 5.11 Å². The fraction of sp³-hybridized carbons (Fsp3) is 0.120. The average molecular weight is 460 g/mol. The van der Waals surface area contributed by atoms with Crippen LogP contribution < -0.4 is 4.90 Å². The summed E-state index contributed by atoms with van der Waals surface area (Å²) in [5.41, 5.74) is 3.55. The molecule has 0 aliphatic carbocycles. The second kappa shape index (κ2) is 7.90. The van der Waals surface area contributed by atoms with Crippen LogP contribution in [0.5, 0.6) is 0 Å². The average Bonchev–Trinajstić information content (AvgIpc) is 3.33. The minimum atomic E-state index is -0.903. The first-order valence-electron chi connectivity index (χ1n) is 10.2. The molecule has 5 rings (SSSR count). The number of ketones is 1. The molecule has 1 unspecified atom stereocenters. The van der Waals surface area contributed by atoms with E-state index in [4.69, 9.17) is 0 Å². The van der Waals surface area contributed by atoms with Gasteiger partial charge in [-0.2, -0.15) is 0 Å². The van der Waals surface area contributed by atoms with Crippen LogP contribution in [0.15, 0.2) is 66.5 Å². The number of pyridine rings is 1. The molecule has 1 atom stereocenters. The van der Waals surface area contributed by atoms with Crippen molar-refractivity contribution in [1.82, 2.24) is 9.97 Å². The second-order valence-electron chi connectivity index (χ2n) is 7.88. The Balaban J connectivity index is 1.73. The van der Waals surface area contributed by atoms with E-state index in [1.807, 2.05) is 26.0 Å². The van der Waals surface area contributed by atoms with Crippen LogP contribution in [-0.2, 0) is 9.59 Å². The van der Waals surface area contributed by atoms with Crippen LogP contribution in [0.1, 0.15) is 28.3 Å². The highest BCUT2D eigenvalue weighted by Crippen LogP contribution is 2.44. The van der Waals surface area contributed by atoms with Crippen molar-refractivity contribution in [3.8, 4) is 0 Å². The Morgan fingerprint density at radius 2 is 1.76 bits per heavy atom. The van der Waals surface area contributed by atoms with Crippen LogP contribution in [0.25, 0.3) is 16.0 Å². The monoisotopic (exact) mass is 459 g/mol. The second-order valence-corrected chi connectivity index (χ2v) is 8.89. The quantitative estimate of drug-likeness (QED) is 0.263. The summed E-state index contributed by atoms with van der Waals surface area (Å²) in [7, 11) is 0. The number of aryl methyl sites for hydroxylation is 2. The van der Waals surface area contributed by atoms with Gasteiger partial charge in [0.1, 0.15) is 11.6 Å². The largest absolute Gasteiger partial charge is 0.507 e. The number of fused-ring (bicyclic) bond motifs is 1. The summed E-state index contributed by atoms with van der Waals surface area (Å²) < 4.78 is 14.3. The highest BCUT2D eigenvalue weighted by Gasteiger charge is 2.48. The summed E-state index contributed by atoms with van der Waals surface area (Å²) in [5, 5.41) is 11.4. The summed E-state index contributed by atoms with van der Waals surface area (Å²) in [6, 6.07) is 11.6. The summed E-state index contributed by atoms with van der Waals surface area (Å²) in [6.07, 6.45) is 3.11. The molecule has 1 fully saturated rings. The number of aliphatic hydroxyl groups is 1. The van der Waals surface area contributed by atoms with Crippen LogP contribution in [0.3, 0.4) is 0 Å². The minimum Gasteiger partial charge on any atom is -0.507 e. The molecule has 4 aromatic rings. The van der Waals surface area contributed by atoms with Gasteiger partial charge in [-0.25, -0.2) is 9.37 Å². The molecule has 1 aliphatic heterocycles. The van der Waals surface area contributed by atoms with Gasteiger partial charge in [-0.1, -0.05) is 17.4 Å². The standard InChI is InChI=1S/C25H18FN3O3S/c1-13-11-14(2)20-18(12-13)33-25(28-20)29-21(15-7-9-27-10-8-15)19(23(31)24(29)32)22(30)16-3-5-17(26)6-4-16/h3-12,21,30H,1-2H3. The maximum Gasteiger partial charge on any atom is 0.301 e. The number of carbonyl (C=O) groups is 2. The Morgan fingerprint density at radius 3 is 2.45 bits per heavy atom. The maximum atomic E-state index is 13.4. The molecule has 1 saturated heterocycles. The zero-order valence-corrected chi connectivity index (χ0v) is 18.6. The first kappa shape index (κ1) is 21.0. The summed E-state index contributed by atoms with van der Waals surface area (Å²) in [4.78, 5) is 36.4. The Labute approximate surface area is 192 Å². The van der Waals surface area contributed by atoms with Gasteiger partial charge in [-0.15, -0.1) is 0 Å². The number of nitrogens with zero attached hydrogens (tertiary/aromatic N) is 3. The third kappa shape index (κ3) is 3.48. The molecule has 0 spiro atoms. The number of carbonyl (C=O) groups excluding carboxylic acids is 2. The molecular weight excluding hydrogens is 441 g/mol. The van der Waals surface area contributed by atoms with E-state index in [1.54, 1.807) is 24.5 Å². The van der Waals surface area contributed by atoms with Crippen molar-refractivity contribution in [2.24, 2.45) is 0 Å². The molecule has 0 radical (unpaired) electrons. The number of aromatic nitrogens is 2. The molecule has 1 N–H and O–H groups in total. The summed E-state index contributed by atoms with van der Waals surface area (Å²) >= 11 is 1.31. The van der Waals surface area contributed by atoms with Gasteiger partial charge >= 0.3 is 5.91 Å². The highest BCUT2D eigenvalue weighted by atomic mass is 32.1. The number of anilines is 1. The first-order chi connectivity index (χ1) is 15.8. The van der Waals surface area contributed by atoms with Gasteiger partial charge in [0, 0.05) is 18.0 Å². The van der Waals surface area contributed by atoms with Crippen molar-refractivity contribution in [1.29, 1.82) is 0 Å². The van der Waals surface area contributed by atoms with E-state index in [-0.39, 0.29) is 16.9 Å². The minimum absolute atomic E-state index is 0.0787. The number of hydrogen-bond acceptors (Lipinski definition) is 6. The van der Waals surface area contributed by atoms with Gasteiger partial charge in [0.25, 0.3) is 5.78 Å². The van der Waals surface area contributed by atoms with Gasteiger partial charge in [0.2, 0.25) is 0 Å². The van der Waals surface area contributed by atoms with E-state index in [1.165, 1.54) is 40.5 Å². The fourth-order valence-corrected chi connectivity index (χ4v) is 5.28. The van der Waals surface area contributed by atoms with Crippen LogP contribution >= 0.6 is 11.3 Å². The Hall–Kier alpha value is -3.91. The van der Waals surface area contributed by atoms with Gasteiger partial charge in [0.15, 0.2) is 5.13 Å². The SMILES string of the molecule is Cc1cc(C)c2nc(N3C(=O)C(=O)C(=C(O)c4ccc(F)cc4)C3c3ccncc3)sc2c1. The first-order valence-corrected chi connectivity index (χ1v) is 11.0. The number of rotatable bonds is 3. The zero-order chi connectivity index (χ0) is 23.3. The van der Waals surface area contributed by atoms with Crippen LogP contribution in [-0.4, -0.2) is 26.8 Å². The number of amides is 1. The van der Waals surface area contributed by atoms with Crippen molar-refractivity contribution in [2.45, 2.75) is 19.9 Å². The molecule has 8 heteroatoms. The van der Waals surface area contributed by atoms with E-state index in [0.29, 0.717) is 10.7 Å². The summed E-state index contributed by atoms with van der Waals surface area (Å²) in [5.74, 6) is -2.46. The van der Waals surface area contributed by atoms with E-state index in [9.17, 15) is 19.1 Å². The van der Waals surface area contributed by atoms with Crippen molar-refractivity contribution in [2.75, 3.05) is 4.90 Å². The predicted molar refractivity (Wildman–Crippen MR) is 125 cm³/mol. The lowest BCUT2D eigenvalue weighted by Gasteiger charge is -2.22. The molecule has 2 aromatic heterocycles. The molecule has 33 heavy (non-hydrogen) atoms. The molecule has 2 aromatic carbocycles. The Morgan fingerprint density at radius 1 is 1.06 bits per heavy atom. The number of halogens is 1.